The maximum atomic E-state index is 12.5. The van der Waals surface area contributed by atoms with Crippen LogP contribution in [0, 0.1) is 10.1 Å². The standard InChI is InChI=1S/C13H15N3O5/c1-21-12-9(4-2-5-10(12)16(19)20)13(18)15-7-3-6-14-11(17)8-15/h2,4-5H,3,6-8H2,1H3,(H,14,17). The summed E-state index contributed by atoms with van der Waals surface area (Å²) < 4.78 is 5.02. The fraction of sp³-hybridized carbons (Fsp3) is 0.385. The maximum absolute atomic E-state index is 12.5. The van der Waals surface area contributed by atoms with Gasteiger partial charge in [-0.25, -0.2) is 0 Å². The van der Waals surface area contributed by atoms with Gasteiger partial charge in [0.25, 0.3) is 5.91 Å². The smallest absolute Gasteiger partial charge is 0.311 e. The molecule has 1 saturated heterocycles. The van der Waals surface area contributed by atoms with E-state index in [0.29, 0.717) is 19.5 Å². The van der Waals surface area contributed by atoms with E-state index in [-0.39, 0.29) is 29.5 Å². The van der Waals surface area contributed by atoms with Gasteiger partial charge < -0.3 is 15.0 Å². The molecular formula is C13H15N3O5. The third kappa shape index (κ3) is 3.10. The number of hydrogen-bond donors (Lipinski definition) is 1. The molecule has 8 nitrogen and oxygen atoms in total. The van der Waals surface area contributed by atoms with E-state index < -0.39 is 10.8 Å². The lowest BCUT2D eigenvalue weighted by atomic mass is 10.1. The van der Waals surface area contributed by atoms with Crippen LogP contribution in [-0.4, -0.2) is 48.4 Å². The summed E-state index contributed by atoms with van der Waals surface area (Å²) in [6.07, 6.45) is 0.634. The molecule has 1 heterocycles. The highest BCUT2D eigenvalue weighted by Crippen LogP contribution is 2.31. The number of nitro groups is 1. The van der Waals surface area contributed by atoms with Crippen LogP contribution in [0.1, 0.15) is 16.8 Å². The predicted molar refractivity (Wildman–Crippen MR) is 73.2 cm³/mol. The van der Waals surface area contributed by atoms with Gasteiger partial charge in [0, 0.05) is 19.2 Å². The average molecular weight is 293 g/mol. The summed E-state index contributed by atoms with van der Waals surface area (Å²) in [5.41, 5.74) is -0.191. The second kappa shape index (κ2) is 6.21. The second-order valence-corrected chi connectivity index (χ2v) is 4.55. The Labute approximate surface area is 120 Å². The number of para-hydroxylation sites is 1. The Morgan fingerprint density at radius 2 is 2.24 bits per heavy atom. The van der Waals surface area contributed by atoms with E-state index in [0.717, 1.165) is 0 Å². The number of carbonyl (C=O) groups is 2. The molecule has 0 spiro atoms. The second-order valence-electron chi connectivity index (χ2n) is 4.55. The fourth-order valence-corrected chi connectivity index (χ4v) is 2.20. The van der Waals surface area contributed by atoms with Crippen molar-refractivity contribution in [3.05, 3.63) is 33.9 Å². The molecule has 2 rings (SSSR count). The molecule has 1 N–H and O–H groups in total. The number of amides is 2. The molecule has 1 aliphatic heterocycles. The number of methoxy groups -OCH3 is 1. The Morgan fingerprint density at radius 1 is 1.48 bits per heavy atom. The van der Waals surface area contributed by atoms with Gasteiger partial charge in [0.15, 0.2) is 0 Å². The van der Waals surface area contributed by atoms with E-state index in [4.69, 9.17) is 4.74 Å². The van der Waals surface area contributed by atoms with Crippen LogP contribution in [0.4, 0.5) is 5.69 Å². The molecule has 1 fully saturated rings. The highest BCUT2D eigenvalue weighted by molar-refractivity contribution is 6.00. The predicted octanol–water partition coefficient (Wildman–Crippen LogP) is 0.565. The van der Waals surface area contributed by atoms with E-state index in [1.807, 2.05) is 0 Å². The number of nitro benzene ring substituents is 1. The summed E-state index contributed by atoms with van der Waals surface area (Å²) in [5, 5.41) is 13.6. The normalized spacial score (nSPS) is 15.1. The highest BCUT2D eigenvalue weighted by atomic mass is 16.6. The van der Waals surface area contributed by atoms with Crippen LogP contribution in [0.25, 0.3) is 0 Å². The third-order valence-corrected chi connectivity index (χ3v) is 3.17. The van der Waals surface area contributed by atoms with Crippen LogP contribution in [0.5, 0.6) is 5.75 Å². The minimum Gasteiger partial charge on any atom is -0.490 e. The number of hydrogen-bond acceptors (Lipinski definition) is 5. The van der Waals surface area contributed by atoms with Crippen LogP contribution >= 0.6 is 0 Å². The summed E-state index contributed by atoms with van der Waals surface area (Å²) in [6.45, 7) is 0.850. The Kier molecular flexibility index (Phi) is 4.36. The number of benzene rings is 1. The van der Waals surface area contributed by atoms with Crippen LogP contribution in [0.2, 0.25) is 0 Å². The number of carbonyl (C=O) groups excluding carboxylic acids is 2. The van der Waals surface area contributed by atoms with Gasteiger partial charge in [0.05, 0.1) is 24.1 Å². The zero-order chi connectivity index (χ0) is 15.4. The number of rotatable bonds is 3. The van der Waals surface area contributed by atoms with Crippen molar-refractivity contribution in [3.63, 3.8) is 0 Å². The monoisotopic (exact) mass is 293 g/mol. The van der Waals surface area contributed by atoms with Crippen molar-refractivity contribution in [2.75, 3.05) is 26.7 Å². The third-order valence-electron chi connectivity index (χ3n) is 3.17. The lowest BCUT2D eigenvalue weighted by Gasteiger charge is -2.20. The molecule has 0 aliphatic carbocycles. The first-order valence-electron chi connectivity index (χ1n) is 6.42. The van der Waals surface area contributed by atoms with E-state index >= 15 is 0 Å². The molecule has 21 heavy (non-hydrogen) atoms. The topological polar surface area (TPSA) is 102 Å². The van der Waals surface area contributed by atoms with Gasteiger partial charge in [-0.05, 0) is 12.5 Å². The molecule has 0 radical (unpaired) electrons. The number of ether oxygens (including phenoxy) is 1. The van der Waals surface area contributed by atoms with Gasteiger partial charge in [0.2, 0.25) is 11.7 Å². The van der Waals surface area contributed by atoms with Gasteiger partial charge in [0.1, 0.15) is 0 Å². The lowest BCUT2D eigenvalue weighted by molar-refractivity contribution is -0.385. The van der Waals surface area contributed by atoms with Crippen LogP contribution < -0.4 is 10.1 Å². The number of nitrogens with zero attached hydrogens (tertiary/aromatic N) is 2. The Bertz CT molecular complexity index is 587. The van der Waals surface area contributed by atoms with Crippen molar-refractivity contribution in [2.24, 2.45) is 0 Å². The highest BCUT2D eigenvalue weighted by Gasteiger charge is 2.27. The Balaban J connectivity index is 2.36. The molecule has 1 aliphatic rings. The first-order valence-corrected chi connectivity index (χ1v) is 6.42. The first-order chi connectivity index (χ1) is 10.0. The number of nitrogens with one attached hydrogen (secondary N) is 1. The van der Waals surface area contributed by atoms with Gasteiger partial charge in [-0.2, -0.15) is 0 Å². The van der Waals surface area contributed by atoms with Gasteiger partial charge in [-0.15, -0.1) is 0 Å². The largest absolute Gasteiger partial charge is 0.490 e. The van der Waals surface area contributed by atoms with E-state index in [1.165, 1.54) is 30.2 Å². The molecule has 112 valence electrons. The van der Waals surface area contributed by atoms with Crippen molar-refractivity contribution < 1.29 is 19.2 Å². The van der Waals surface area contributed by atoms with Crippen molar-refractivity contribution in [3.8, 4) is 5.75 Å². The van der Waals surface area contributed by atoms with E-state index in [1.54, 1.807) is 0 Å². The molecule has 8 heteroatoms. The molecule has 1 aromatic rings. The molecule has 1 aromatic carbocycles. The van der Waals surface area contributed by atoms with Gasteiger partial charge in [-0.3, -0.25) is 19.7 Å². The van der Waals surface area contributed by atoms with Crippen molar-refractivity contribution in [1.29, 1.82) is 0 Å². The van der Waals surface area contributed by atoms with Gasteiger partial charge in [-0.1, -0.05) is 6.07 Å². The summed E-state index contributed by atoms with van der Waals surface area (Å²) in [4.78, 5) is 35.7. The van der Waals surface area contributed by atoms with Crippen LogP contribution in [0.15, 0.2) is 18.2 Å². The molecular weight excluding hydrogens is 278 g/mol. The Morgan fingerprint density at radius 3 is 2.90 bits per heavy atom. The Hall–Kier alpha value is -2.64. The van der Waals surface area contributed by atoms with Crippen molar-refractivity contribution in [2.45, 2.75) is 6.42 Å². The summed E-state index contributed by atoms with van der Waals surface area (Å²) in [6, 6.07) is 4.15. The van der Waals surface area contributed by atoms with Crippen molar-refractivity contribution in [1.82, 2.24) is 10.2 Å². The van der Waals surface area contributed by atoms with E-state index in [2.05, 4.69) is 5.32 Å². The van der Waals surface area contributed by atoms with Gasteiger partial charge >= 0.3 is 5.69 Å². The fourth-order valence-electron chi connectivity index (χ4n) is 2.20. The van der Waals surface area contributed by atoms with Crippen molar-refractivity contribution >= 4 is 17.5 Å². The zero-order valence-electron chi connectivity index (χ0n) is 11.5. The summed E-state index contributed by atoms with van der Waals surface area (Å²) in [7, 11) is 1.27. The molecule has 0 bridgehead atoms. The zero-order valence-corrected chi connectivity index (χ0v) is 11.5. The lowest BCUT2D eigenvalue weighted by Crippen LogP contribution is -2.37. The van der Waals surface area contributed by atoms with Crippen LogP contribution in [-0.2, 0) is 4.79 Å². The summed E-state index contributed by atoms with van der Waals surface area (Å²) >= 11 is 0. The maximum Gasteiger partial charge on any atom is 0.311 e. The quantitative estimate of drug-likeness (QED) is 0.648. The molecule has 0 saturated carbocycles. The molecule has 2 amide bonds. The summed E-state index contributed by atoms with van der Waals surface area (Å²) in [5.74, 6) is -0.782. The average Bonchev–Trinajstić information content (AvgIpc) is 2.70. The van der Waals surface area contributed by atoms with E-state index in [9.17, 15) is 19.7 Å². The minimum atomic E-state index is -0.606. The first kappa shape index (κ1) is 14.8. The van der Waals surface area contributed by atoms with Crippen LogP contribution in [0.3, 0.4) is 0 Å². The molecule has 0 atom stereocenters. The minimum absolute atomic E-state index is 0.0648. The molecule has 0 aromatic heterocycles. The SMILES string of the molecule is COc1c(C(=O)N2CCCNC(=O)C2)cccc1[N+](=O)[O-]. The molecule has 0 unspecified atom stereocenters.